The van der Waals surface area contributed by atoms with E-state index in [1.807, 2.05) is 12.1 Å². The summed E-state index contributed by atoms with van der Waals surface area (Å²) in [7, 11) is 0. The molecule has 1 N–H and O–H groups in total. The average Bonchev–Trinajstić information content (AvgIpc) is 3.26. The fourth-order valence-electron chi connectivity index (χ4n) is 2.08. The lowest BCUT2D eigenvalue weighted by atomic mass is 10.2. The number of H-pyrrole nitrogens is 1. The Morgan fingerprint density at radius 1 is 1.40 bits per heavy atom. The third-order valence-electron chi connectivity index (χ3n) is 3.36. The van der Waals surface area contributed by atoms with E-state index in [1.165, 1.54) is 10.5 Å². The summed E-state index contributed by atoms with van der Waals surface area (Å²) in [5.41, 5.74) is 2.11. The number of aromatic amines is 1. The van der Waals surface area contributed by atoms with Crippen LogP contribution in [0.1, 0.15) is 35.8 Å². The maximum atomic E-state index is 11.9. The van der Waals surface area contributed by atoms with Gasteiger partial charge >= 0.3 is 0 Å². The molecule has 0 spiro atoms. The summed E-state index contributed by atoms with van der Waals surface area (Å²) in [4.78, 5) is 20.6. The minimum absolute atomic E-state index is 0.0673. The lowest BCUT2D eigenvalue weighted by molar-refractivity contribution is 0.899. The van der Waals surface area contributed by atoms with Crippen LogP contribution in [0.3, 0.4) is 0 Å². The van der Waals surface area contributed by atoms with Gasteiger partial charge in [0.2, 0.25) is 0 Å². The molecular weight excluding hydrogens is 336 g/mol. The highest BCUT2D eigenvalue weighted by Crippen LogP contribution is 2.41. The molecule has 0 amide bonds. The van der Waals surface area contributed by atoms with Gasteiger partial charge in [-0.3, -0.25) is 4.79 Å². The summed E-state index contributed by atoms with van der Waals surface area (Å²) in [5.74, 6) is 1.91. The molecule has 0 atom stereocenters. The SMILES string of the molecule is Cc1ccccc1SCc1nc(C2CC2)c(Br)c(=O)[nH]1. The zero-order valence-electron chi connectivity index (χ0n) is 11.1. The van der Waals surface area contributed by atoms with Crippen molar-refractivity contribution in [3.05, 3.63) is 56.2 Å². The fourth-order valence-corrected chi connectivity index (χ4v) is 3.50. The molecule has 1 aromatic carbocycles. The van der Waals surface area contributed by atoms with E-state index in [1.54, 1.807) is 11.8 Å². The van der Waals surface area contributed by atoms with Crippen molar-refractivity contribution >= 4 is 27.7 Å². The van der Waals surface area contributed by atoms with Gasteiger partial charge in [0.15, 0.2) is 0 Å². The zero-order valence-corrected chi connectivity index (χ0v) is 13.6. The molecular formula is C15H15BrN2OS. The standard InChI is InChI=1S/C15H15BrN2OS/c1-9-4-2-3-5-11(9)20-8-12-17-14(10-6-7-10)13(16)15(19)18-12/h2-5,10H,6-8H2,1H3,(H,17,18,19). The monoisotopic (exact) mass is 350 g/mol. The lowest BCUT2D eigenvalue weighted by Gasteiger charge is -2.07. The Balaban J connectivity index is 1.81. The number of halogens is 1. The number of benzene rings is 1. The van der Waals surface area contributed by atoms with Crippen LogP contribution in [0.25, 0.3) is 0 Å². The molecule has 1 aliphatic carbocycles. The Hall–Kier alpha value is -1.07. The molecule has 2 aromatic rings. The highest BCUT2D eigenvalue weighted by molar-refractivity contribution is 9.10. The van der Waals surface area contributed by atoms with E-state index in [0.29, 0.717) is 16.1 Å². The molecule has 3 rings (SSSR count). The Bertz CT molecular complexity index is 695. The van der Waals surface area contributed by atoms with Crippen molar-refractivity contribution in [2.45, 2.75) is 36.3 Å². The number of rotatable bonds is 4. The van der Waals surface area contributed by atoms with Crippen LogP contribution in [-0.2, 0) is 5.75 Å². The van der Waals surface area contributed by atoms with Gasteiger partial charge in [-0.05, 0) is 47.3 Å². The van der Waals surface area contributed by atoms with E-state index >= 15 is 0 Å². The van der Waals surface area contributed by atoms with Gasteiger partial charge in [-0.15, -0.1) is 11.8 Å². The van der Waals surface area contributed by atoms with Crippen molar-refractivity contribution in [3.63, 3.8) is 0 Å². The number of nitrogens with zero attached hydrogens (tertiary/aromatic N) is 1. The first-order valence-corrected chi connectivity index (χ1v) is 8.40. The van der Waals surface area contributed by atoms with E-state index in [0.717, 1.165) is 24.4 Å². The van der Waals surface area contributed by atoms with Crippen molar-refractivity contribution in [2.24, 2.45) is 0 Å². The van der Waals surface area contributed by atoms with E-state index in [-0.39, 0.29) is 5.56 Å². The smallest absolute Gasteiger partial charge is 0.265 e. The molecule has 1 fully saturated rings. The van der Waals surface area contributed by atoms with Crippen LogP contribution in [0.5, 0.6) is 0 Å². The highest BCUT2D eigenvalue weighted by Gasteiger charge is 2.28. The van der Waals surface area contributed by atoms with Crippen LogP contribution in [-0.4, -0.2) is 9.97 Å². The summed E-state index contributed by atoms with van der Waals surface area (Å²) in [6, 6.07) is 8.25. The van der Waals surface area contributed by atoms with Crippen LogP contribution < -0.4 is 5.56 Å². The first kappa shape index (κ1) is 13.9. The van der Waals surface area contributed by atoms with Gasteiger partial charge in [0.1, 0.15) is 10.3 Å². The van der Waals surface area contributed by atoms with E-state index in [4.69, 9.17) is 0 Å². The van der Waals surface area contributed by atoms with Gasteiger partial charge in [0, 0.05) is 10.8 Å². The highest BCUT2D eigenvalue weighted by atomic mass is 79.9. The largest absolute Gasteiger partial charge is 0.309 e. The Labute approximate surface area is 130 Å². The molecule has 0 saturated heterocycles. The predicted molar refractivity (Wildman–Crippen MR) is 85.3 cm³/mol. The first-order valence-electron chi connectivity index (χ1n) is 6.62. The summed E-state index contributed by atoms with van der Waals surface area (Å²) in [5, 5.41) is 0. The lowest BCUT2D eigenvalue weighted by Crippen LogP contribution is -2.14. The number of aryl methyl sites for hydroxylation is 1. The first-order chi connectivity index (χ1) is 9.65. The van der Waals surface area contributed by atoms with Crippen molar-refractivity contribution in [2.75, 3.05) is 0 Å². The van der Waals surface area contributed by atoms with Gasteiger partial charge < -0.3 is 4.98 Å². The normalized spacial score (nSPS) is 14.5. The number of thioether (sulfide) groups is 1. The van der Waals surface area contributed by atoms with E-state index < -0.39 is 0 Å². The van der Waals surface area contributed by atoms with Crippen molar-refractivity contribution in [1.82, 2.24) is 9.97 Å². The number of aromatic nitrogens is 2. The van der Waals surface area contributed by atoms with Crippen molar-refractivity contribution < 1.29 is 0 Å². The van der Waals surface area contributed by atoms with Gasteiger partial charge in [0.05, 0.1) is 11.4 Å². The molecule has 3 nitrogen and oxygen atoms in total. The second-order valence-electron chi connectivity index (χ2n) is 5.04. The molecule has 0 unspecified atom stereocenters. The minimum atomic E-state index is -0.0673. The fraction of sp³-hybridized carbons (Fsp3) is 0.333. The Morgan fingerprint density at radius 2 is 2.15 bits per heavy atom. The van der Waals surface area contributed by atoms with Gasteiger partial charge in [-0.1, -0.05) is 18.2 Å². The molecule has 0 aliphatic heterocycles. The third-order valence-corrected chi connectivity index (χ3v) is 5.31. The average molecular weight is 351 g/mol. The van der Waals surface area contributed by atoms with Crippen molar-refractivity contribution in [3.8, 4) is 0 Å². The molecule has 104 valence electrons. The second-order valence-corrected chi connectivity index (χ2v) is 6.85. The molecule has 1 aliphatic rings. The van der Waals surface area contributed by atoms with Crippen LogP contribution in [0, 0.1) is 6.92 Å². The molecule has 0 bridgehead atoms. The minimum Gasteiger partial charge on any atom is -0.309 e. The Kier molecular flexibility index (Phi) is 3.98. The van der Waals surface area contributed by atoms with Gasteiger partial charge in [-0.25, -0.2) is 4.98 Å². The summed E-state index contributed by atoms with van der Waals surface area (Å²) < 4.78 is 0.602. The molecule has 1 aromatic heterocycles. The molecule has 0 radical (unpaired) electrons. The number of nitrogens with one attached hydrogen (secondary N) is 1. The summed E-state index contributed by atoms with van der Waals surface area (Å²) in [6.07, 6.45) is 2.28. The molecule has 5 heteroatoms. The molecule has 20 heavy (non-hydrogen) atoms. The number of hydrogen-bond acceptors (Lipinski definition) is 3. The topological polar surface area (TPSA) is 45.8 Å². The van der Waals surface area contributed by atoms with Crippen LogP contribution in [0.15, 0.2) is 38.4 Å². The van der Waals surface area contributed by atoms with Gasteiger partial charge in [0.25, 0.3) is 5.56 Å². The van der Waals surface area contributed by atoms with Crippen LogP contribution in [0.4, 0.5) is 0 Å². The van der Waals surface area contributed by atoms with E-state index in [9.17, 15) is 4.79 Å². The van der Waals surface area contributed by atoms with Gasteiger partial charge in [-0.2, -0.15) is 0 Å². The van der Waals surface area contributed by atoms with E-state index in [2.05, 4.69) is 45.0 Å². The second kappa shape index (κ2) is 5.74. The maximum Gasteiger partial charge on any atom is 0.265 e. The maximum absolute atomic E-state index is 11.9. The number of hydrogen-bond donors (Lipinski definition) is 1. The summed E-state index contributed by atoms with van der Waals surface area (Å²) >= 11 is 5.06. The Morgan fingerprint density at radius 3 is 2.85 bits per heavy atom. The summed E-state index contributed by atoms with van der Waals surface area (Å²) in [6.45, 7) is 2.09. The predicted octanol–water partition coefficient (Wildman–Crippen LogP) is 4.01. The molecule has 1 heterocycles. The quantitative estimate of drug-likeness (QED) is 0.847. The van der Waals surface area contributed by atoms with Crippen LogP contribution >= 0.6 is 27.7 Å². The van der Waals surface area contributed by atoms with Crippen molar-refractivity contribution in [1.29, 1.82) is 0 Å². The molecule has 1 saturated carbocycles. The zero-order chi connectivity index (χ0) is 14.1. The third kappa shape index (κ3) is 2.99. The van der Waals surface area contributed by atoms with Crippen LogP contribution in [0.2, 0.25) is 0 Å².